The molecule has 0 aromatic rings. The van der Waals surface area contributed by atoms with Crippen LogP contribution in [0.25, 0.3) is 0 Å². The molecule has 2 saturated heterocycles. The van der Waals surface area contributed by atoms with Crippen LogP contribution < -0.4 is 5.73 Å². The minimum Gasteiger partial charge on any atom is -0.468 e. The van der Waals surface area contributed by atoms with E-state index in [1.54, 1.807) is 0 Å². The summed E-state index contributed by atoms with van der Waals surface area (Å²) < 4.78 is 4.62. The van der Waals surface area contributed by atoms with Crippen LogP contribution in [-0.2, 0) is 9.53 Å². The van der Waals surface area contributed by atoms with Crippen molar-refractivity contribution in [1.29, 1.82) is 0 Å². The van der Waals surface area contributed by atoms with Crippen LogP contribution in [0.1, 0.15) is 6.42 Å². The molecular formula is C9H16N2O2. The smallest absolute Gasteiger partial charge is 0.319 e. The molecule has 2 bridgehead atoms. The number of methoxy groups -OCH3 is 1. The van der Waals surface area contributed by atoms with E-state index in [1.807, 2.05) is 0 Å². The van der Waals surface area contributed by atoms with Crippen molar-refractivity contribution < 1.29 is 9.53 Å². The third-order valence-electron chi connectivity index (χ3n) is 3.26. The van der Waals surface area contributed by atoms with Crippen molar-refractivity contribution in [2.45, 2.75) is 12.5 Å². The fraction of sp³-hybridized carbons (Fsp3) is 0.889. The van der Waals surface area contributed by atoms with Crippen LogP contribution in [0.3, 0.4) is 0 Å². The van der Waals surface area contributed by atoms with E-state index in [9.17, 15) is 4.79 Å². The first-order chi connectivity index (χ1) is 6.20. The van der Waals surface area contributed by atoms with Gasteiger partial charge in [0.05, 0.1) is 13.7 Å². The van der Waals surface area contributed by atoms with Gasteiger partial charge in [-0.1, -0.05) is 0 Å². The Hall–Kier alpha value is -0.610. The third-order valence-corrected chi connectivity index (χ3v) is 3.26. The van der Waals surface area contributed by atoms with Crippen LogP contribution in [-0.4, -0.2) is 43.7 Å². The second-order valence-corrected chi connectivity index (χ2v) is 4.10. The van der Waals surface area contributed by atoms with E-state index < -0.39 is 0 Å². The lowest BCUT2D eigenvalue weighted by Crippen LogP contribution is -2.62. The molecule has 3 fully saturated rings. The maximum absolute atomic E-state index is 11.0. The van der Waals surface area contributed by atoms with E-state index in [4.69, 9.17) is 5.73 Å². The van der Waals surface area contributed by atoms with Gasteiger partial charge in [0.25, 0.3) is 0 Å². The number of fused-ring (bicyclic) bond motifs is 2. The largest absolute Gasteiger partial charge is 0.468 e. The number of esters is 1. The monoisotopic (exact) mass is 184 g/mol. The minimum atomic E-state index is -0.144. The Morgan fingerprint density at radius 1 is 1.54 bits per heavy atom. The van der Waals surface area contributed by atoms with Crippen molar-refractivity contribution in [3.8, 4) is 0 Å². The molecule has 2 heterocycles. The Kier molecular flexibility index (Phi) is 2.26. The number of nitrogens with two attached hydrogens (primary N) is 1. The highest BCUT2D eigenvalue weighted by molar-refractivity contribution is 5.71. The zero-order valence-corrected chi connectivity index (χ0v) is 7.90. The number of piperidine rings is 2. The number of nitrogens with zero attached hydrogens (tertiary/aromatic N) is 1. The summed E-state index contributed by atoms with van der Waals surface area (Å²) in [6.07, 6.45) is 1.25. The zero-order valence-electron chi connectivity index (χ0n) is 7.90. The minimum absolute atomic E-state index is 0.144. The van der Waals surface area contributed by atoms with E-state index in [1.165, 1.54) is 13.5 Å². The highest BCUT2D eigenvalue weighted by atomic mass is 16.5. The lowest BCUT2D eigenvalue weighted by molar-refractivity contribution is -0.144. The molecule has 13 heavy (non-hydrogen) atoms. The summed E-state index contributed by atoms with van der Waals surface area (Å²) in [6, 6.07) is 0.383. The van der Waals surface area contributed by atoms with Crippen molar-refractivity contribution in [3.05, 3.63) is 0 Å². The topological polar surface area (TPSA) is 55.6 Å². The molecule has 0 spiro atoms. The van der Waals surface area contributed by atoms with Crippen molar-refractivity contribution in [3.63, 3.8) is 0 Å². The fourth-order valence-electron chi connectivity index (χ4n) is 2.40. The van der Waals surface area contributed by atoms with Gasteiger partial charge in [0.15, 0.2) is 0 Å². The van der Waals surface area contributed by atoms with Gasteiger partial charge in [-0.05, 0) is 18.3 Å². The molecule has 0 aromatic carbocycles. The Balaban J connectivity index is 1.82. The van der Waals surface area contributed by atoms with Gasteiger partial charge in [0.2, 0.25) is 0 Å². The Bertz CT molecular complexity index is 208. The van der Waals surface area contributed by atoms with Gasteiger partial charge < -0.3 is 10.5 Å². The van der Waals surface area contributed by atoms with Crippen molar-refractivity contribution in [2.24, 2.45) is 17.6 Å². The molecule has 4 heteroatoms. The van der Waals surface area contributed by atoms with Crippen LogP contribution in [0.5, 0.6) is 0 Å². The van der Waals surface area contributed by atoms with E-state index in [-0.39, 0.29) is 5.97 Å². The van der Waals surface area contributed by atoms with E-state index in [0.717, 1.165) is 13.1 Å². The molecule has 0 radical (unpaired) electrons. The molecule has 4 nitrogen and oxygen atoms in total. The molecule has 1 saturated carbocycles. The van der Waals surface area contributed by atoms with Gasteiger partial charge in [0, 0.05) is 19.1 Å². The molecular weight excluding hydrogens is 168 g/mol. The molecule has 0 aromatic heterocycles. The van der Waals surface area contributed by atoms with Crippen molar-refractivity contribution in [1.82, 2.24) is 4.90 Å². The molecule has 74 valence electrons. The van der Waals surface area contributed by atoms with Crippen LogP contribution in [0.15, 0.2) is 0 Å². The molecule has 2 unspecified atom stereocenters. The highest BCUT2D eigenvalue weighted by Gasteiger charge is 2.44. The lowest BCUT2D eigenvalue weighted by atomic mass is 9.67. The molecule has 3 rings (SSSR count). The number of rotatable bonds is 2. The summed E-state index contributed by atoms with van der Waals surface area (Å²) >= 11 is 0. The zero-order chi connectivity index (χ0) is 9.42. The normalized spacial score (nSPS) is 38.2. The molecule has 2 aliphatic heterocycles. The van der Waals surface area contributed by atoms with Gasteiger partial charge in [0.1, 0.15) is 0 Å². The number of ether oxygens (including phenoxy) is 1. The predicted octanol–water partition coefficient (Wildman–Crippen LogP) is -0.562. The Morgan fingerprint density at radius 3 is 2.62 bits per heavy atom. The maximum atomic E-state index is 11.0. The number of carbonyl (C=O) groups is 1. The van der Waals surface area contributed by atoms with E-state index in [2.05, 4.69) is 9.64 Å². The van der Waals surface area contributed by atoms with Gasteiger partial charge in [-0.3, -0.25) is 9.69 Å². The highest BCUT2D eigenvalue weighted by Crippen LogP contribution is 2.38. The second kappa shape index (κ2) is 3.27. The first-order valence-corrected chi connectivity index (χ1v) is 4.75. The quantitative estimate of drug-likeness (QED) is 0.584. The summed E-state index contributed by atoms with van der Waals surface area (Å²) in [5, 5.41) is 0. The summed E-state index contributed by atoms with van der Waals surface area (Å²) in [5.41, 5.74) is 5.91. The summed E-state index contributed by atoms with van der Waals surface area (Å²) in [6.45, 7) is 2.36. The molecule has 2 atom stereocenters. The SMILES string of the molecule is COC(=O)CN1CC2CC(C1)C2N. The summed E-state index contributed by atoms with van der Waals surface area (Å²) in [4.78, 5) is 13.1. The Morgan fingerprint density at radius 2 is 2.15 bits per heavy atom. The first kappa shape index (κ1) is 8.97. The van der Waals surface area contributed by atoms with Crippen molar-refractivity contribution in [2.75, 3.05) is 26.7 Å². The number of hydrogen-bond acceptors (Lipinski definition) is 4. The van der Waals surface area contributed by atoms with E-state index >= 15 is 0 Å². The van der Waals surface area contributed by atoms with E-state index in [0.29, 0.717) is 24.4 Å². The number of carbonyl (C=O) groups excluding carboxylic acids is 1. The fourth-order valence-corrected chi connectivity index (χ4v) is 2.40. The standard InChI is InChI=1S/C9H16N2O2/c1-13-8(12)5-11-3-6-2-7(4-11)9(6)10/h6-7,9H,2-5,10H2,1H3. The van der Waals surface area contributed by atoms with Crippen LogP contribution in [0, 0.1) is 11.8 Å². The van der Waals surface area contributed by atoms with Gasteiger partial charge >= 0.3 is 5.97 Å². The Labute approximate surface area is 78.0 Å². The molecule has 2 N–H and O–H groups in total. The first-order valence-electron chi connectivity index (χ1n) is 4.75. The maximum Gasteiger partial charge on any atom is 0.319 e. The lowest BCUT2D eigenvalue weighted by Gasteiger charge is -2.51. The predicted molar refractivity (Wildman–Crippen MR) is 48.0 cm³/mol. The molecule has 0 amide bonds. The van der Waals surface area contributed by atoms with Crippen LogP contribution >= 0.6 is 0 Å². The molecule has 1 aliphatic carbocycles. The van der Waals surface area contributed by atoms with Crippen molar-refractivity contribution >= 4 is 5.97 Å². The molecule has 3 aliphatic rings. The van der Waals surface area contributed by atoms with Gasteiger partial charge in [-0.25, -0.2) is 0 Å². The second-order valence-electron chi connectivity index (χ2n) is 4.10. The average molecular weight is 184 g/mol. The average Bonchev–Trinajstić information content (AvgIpc) is 2.17. The van der Waals surface area contributed by atoms with Gasteiger partial charge in [-0.15, -0.1) is 0 Å². The van der Waals surface area contributed by atoms with Crippen LogP contribution in [0.4, 0.5) is 0 Å². The third kappa shape index (κ3) is 1.56. The summed E-state index contributed by atoms with van der Waals surface area (Å²) in [7, 11) is 1.43. The van der Waals surface area contributed by atoms with Gasteiger partial charge in [-0.2, -0.15) is 0 Å². The number of hydrogen-bond donors (Lipinski definition) is 1. The summed E-state index contributed by atoms with van der Waals surface area (Å²) in [5.74, 6) is 1.08. The van der Waals surface area contributed by atoms with Crippen LogP contribution in [0.2, 0.25) is 0 Å².